The molecule has 110 valence electrons. The molecule has 0 aliphatic rings. The smallest absolute Gasteiger partial charge is 0.143 e. The molecule has 18 heavy (non-hydrogen) atoms. The van der Waals surface area contributed by atoms with E-state index in [1.165, 1.54) is 77.0 Å². The van der Waals surface area contributed by atoms with Gasteiger partial charge in [-0.25, -0.2) is 0 Å². The quantitative estimate of drug-likeness (QED) is 0.329. The van der Waals surface area contributed by atoms with Crippen LogP contribution in [0, 0.1) is 0 Å². The molecule has 0 aromatic carbocycles. The molecule has 0 aliphatic heterocycles. The molecular formula is C16H34O2. The van der Waals surface area contributed by atoms with Crippen LogP contribution in [0.4, 0.5) is 0 Å². The molecule has 0 amide bonds. The summed E-state index contributed by atoms with van der Waals surface area (Å²) in [4.78, 5) is 0. The van der Waals surface area contributed by atoms with Gasteiger partial charge in [-0.2, -0.15) is 0 Å². The minimum atomic E-state index is -0.127. The SMILES string of the molecule is CCCCCCCCCCCCCCCOCO. The molecule has 0 aromatic rings. The van der Waals surface area contributed by atoms with Crippen LogP contribution in [0.15, 0.2) is 0 Å². The number of aliphatic hydroxyl groups is 1. The molecule has 0 aromatic heterocycles. The highest BCUT2D eigenvalue weighted by Gasteiger charge is 1.93. The maximum absolute atomic E-state index is 8.44. The first-order valence-corrected chi connectivity index (χ1v) is 8.10. The minimum absolute atomic E-state index is 0.127. The molecule has 0 unspecified atom stereocenters. The fraction of sp³-hybridized carbons (Fsp3) is 1.00. The van der Waals surface area contributed by atoms with Crippen LogP contribution in [0.1, 0.15) is 90.4 Å². The van der Waals surface area contributed by atoms with Crippen LogP contribution in [0.25, 0.3) is 0 Å². The summed E-state index contributed by atoms with van der Waals surface area (Å²) in [5.74, 6) is 0. The van der Waals surface area contributed by atoms with Crippen LogP contribution in [0.3, 0.4) is 0 Å². The lowest BCUT2D eigenvalue weighted by atomic mass is 10.0. The summed E-state index contributed by atoms with van der Waals surface area (Å²) < 4.78 is 4.89. The molecule has 0 fully saturated rings. The van der Waals surface area contributed by atoms with Gasteiger partial charge in [0, 0.05) is 6.61 Å². The number of hydrogen-bond donors (Lipinski definition) is 1. The Morgan fingerprint density at radius 2 is 1.00 bits per heavy atom. The molecular weight excluding hydrogens is 224 g/mol. The van der Waals surface area contributed by atoms with Gasteiger partial charge in [0.2, 0.25) is 0 Å². The summed E-state index contributed by atoms with van der Waals surface area (Å²) in [6.45, 7) is 2.86. The number of unbranched alkanes of at least 4 members (excludes halogenated alkanes) is 12. The molecule has 2 heteroatoms. The second-order valence-corrected chi connectivity index (χ2v) is 5.28. The summed E-state index contributed by atoms with van der Waals surface area (Å²) in [5, 5.41) is 8.44. The Kier molecular flexibility index (Phi) is 16.8. The van der Waals surface area contributed by atoms with Crippen molar-refractivity contribution in [2.24, 2.45) is 0 Å². The Labute approximate surface area is 114 Å². The van der Waals surface area contributed by atoms with Crippen molar-refractivity contribution in [3.63, 3.8) is 0 Å². The van der Waals surface area contributed by atoms with Gasteiger partial charge in [0.1, 0.15) is 6.79 Å². The number of hydrogen-bond acceptors (Lipinski definition) is 2. The lowest BCUT2D eigenvalue weighted by Crippen LogP contribution is -1.94. The Hall–Kier alpha value is -0.0800. The summed E-state index contributed by atoms with van der Waals surface area (Å²) in [7, 11) is 0. The van der Waals surface area contributed by atoms with Crippen molar-refractivity contribution in [2.75, 3.05) is 13.4 Å². The average Bonchev–Trinajstić information content (AvgIpc) is 2.39. The van der Waals surface area contributed by atoms with Gasteiger partial charge in [-0.15, -0.1) is 0 Å². The third-order valence-electron chi connectivity index (χ3n) is 3.48. The van der Waals surface area contributed by atoms with Crippen molar-refractivity contribution in [1.29, 1.82) is 0 Å². The van der Waals surface area contributed by atoms with Crippen LogP contribution in [-0.4, -0.2) is 18.5 Å². The number of ether oxygens (including phenoxy) is 1. The molecule has 0 aliphatic carbocycles. The fourth-order valence-electron chi connectivity index (χ4n) is 2.29. The van der Waals surface area contributed by atoms with E-state index in [2.05, 4.69) is 6.92 Å². The fourth-order valence-corrected chi connectivity index (χ4v) is 2.29. The minimum Gasteiger partial charge on any atom is -0.371 e. The van der Waals surface area contributed by atoms with Crippen LogP contribution < -0.4 is 0 Å². The van der Waals surface area contributed by atoms with E-state index in [1.807, 2.05) is 0 Å². The maximum Gasteiger partial charge on any atom is 0.143 e. The Balaban J connectivity index is 2.86. The van der Waals surface area contributed by atoms with E-state index < -0.39 is 0 Å². The third kappa shape index (κ3) is 15.9. The largest absolute Gasteiger partial charge is 0.371 e. The molecule has 0 heterocycles. The van der Waals surface area contributed by atoms with Gasteiger partial charge >= 0.3 is 0 Å². The summed E-state index contributed by atoms with van der Waals surface area (Å²) in [6, 6.07) is 0. The van der Waals surface area contributed by atoms with E-state index in [9.17, 15) is 0 Å². The maximum atomic E-state index is 8.44. The van der Waals surface area contributed by atoms with Crippen molar-refractivity contribution in [3.8, 4) is 0 Å². The van der Waals surface area contributed by atoms with Crippen LogP contribution in [0.2, 0.25) is 0 Å². The molecule has 0 saturated carbocycles. The zero-order valence-corrected chi connectivity index (χ0v) is 12.5. The summed E-state index contributed by atoms with van der Waals surface area (Å²) in [6.07, 6.45) is 17.8. The van der Waals surface area contributed by atoms with Crippen LogP contribution in [-0.2, 0) is 4.74 Å². The summed E-state index contributed by atoms with van der Waals surface area (Å²) >= 11 is 0. The van der Waals surface area contributed by atoms with E-state index in [1.54, 1.807) is 0 Å². The standard InChI is InChI=1S/C16H34O2/c1-2-3-4-5-6-7-8-9-10-11-12-13-14-15-18-16-17/h17H,2-16H2,1H3. The van der Waals surface area contributed by atoms with Crippen LogP contribution >= 0.6 is 0 Å². The number of rotatable bonds is 15. The Morgan fingerprint density at radius 3 is 1.39 bits per heavy atom. The normalized spacial score (nSPS) is 11.0. The zero-order chi connectivity index (χ0) is 13.3. The molecule has 0 saturated heterocycles. The third-order valence-corrected chi connectivity index (χ3v) is 3.48. The summed E-state index contributed by atoms with van der Waals surface area (Å²) in [5.41, 5.74) is 0. The first-order valence-electron chi connectivity index (χ1n) is 8.10. The lowest BCUT2D eigenvalue weighted by Gasteiger charge is -2.03. The lowest BCUT2D eigenvalue weighted by molar-refractivity contribution is -0.00284. The van der Waals surface area contributed by atoms with Crippen molar-refractivity contribution in [3.05, 3.63) is 0 Å². The van der Waals surface area contributed by atoms with E-state index in [0.29, 0.717) is 6.61 Å². The number of aliphatic hydroxyl groups excluding tert-OH is 1. The van der Waals surface area contributed by atoms with Gasteiger partial charge in [0.15, 0.2) is 0 Å². The van der Waals surface area contributed by atoms with E-state index in [0.717, 1.165) is 6.42 Å². The van der Waals surface area contributed by atoms with Gasteiger partial charge in [-0.05, 0) is 6.42 Å². The van der Waals surface area contributed by atoms with Crippen molar-refractivity contribution >= 4 is 0 Å². The van der Waals surface area contributed by atoms with E-state index >= 15 is 0 Å². The van der Waals surface area contributed by atoms with Gasteiger partial charge in [-0.1, -0.05) is 84.0 Å². The van der Waals surface area contributed by atoms with Crippen molar-refractivity contribution in [2.45, 2.75) is 90.4 Å². The van der Waals surface area contributed by atoms with Gasteiger partial charge in [0.05, 0.1) is 0 Å². The van der Waals surface area contributed by atoms with Gasteiger partial charge < -0.3 is 9.84 Å². The molecule has 0 bridgehead atoms. The highest BCUT2D eigenvalue weighted by atomic mass is 16.6. The highest BCUT2D eigenvalue weighted by Crippen LogP contribution is 2.12. The Morgan fingerprint density at radius 1 is 0.611 bits per heavy atom. The monoisotopic (exact) mass is 258 g/mol. The van der Waals surface area contributed by atoms with E-state index in [4.69, 9.17) is 9.84 Å². The molecule has 0 rings (SSSR count). The van der Waals surface area contributed by atoms with Crippen LogP contribution in [0.5, 0.6) is 0 Å². The molecule has 0 radical (unpaired) electrons. The second kappa shape index (κ2) is 16.9. The highest BCUT2D eigenvalue weighted by molar-refractivity contribution is 4.48. The Bertz CT molecular complexity index is 121. The zero-order valence-electron chi connectivity index (χ0n) is 12.5. The molecule has 0 atom stereocenters. The second-order valence-electron chi connectivity index (χ2n) is 5.28. The topological polar surface area (TPSA) is 29.5 Å². The first-order chi connectivity index (χ1) is 8.91. The average molecular weight is 258 g/mol. The molecule has 2 nitrogen and oxygen atoms in total. The van der Waals surface area contributed by atoms with Crippen molar-refractivity contribution in [1.82, 2.24) is 0 Å². The van der Waals surface area contributed by atoms with Gasteiger partial charge in [-0.3, -0.25) is 0 Å². The first kappa shape index (κ1) is 17.9. The van der Waals surface area contributed by atoms with Gasteiger partial charge in [0.25, 0.3) is 0 Å². The predicted molar refractivity (Wildman–Crippen MR) is 78.7 cm³/mol. The van der Waals surface area contributed by atoms with E-state index in [-0.39, 0.29) is 6.79 Å². The molecule has 1 N–H and O–H groups in total. The predicted octanol–water partition coefficient (Wildman–Crippen LogP) is 5.04. The molecule has 0 spiro atoms. The van der Waals surface area contributed by atoms with Crippen molar-refractivity contribution < 1.29 is 9.84 Å².